The zero-order valence-corrected chi connectivity index (χ0v) is 26.1. The maximum atomic E-state index is 16.3. The van der Waals surface area contributed by atoms with Crippen LogP contribution in [0, 0.1) is 17.5 Å². The third kappa shape index (κ3) is 4.22. The summed E-state index contributed by atoms with van der Waals surface area (Å²) >= 11 is 0. The lowest BCUT2D eigenvalue weighted by atomic mass is 9.83. The summed E-state index contributed by atoms with van der Waals surface area (Å²) in [6.07, 6.45) is 4.07. The second kappa shape index (κ2) is 9.57. The molecule has 0 unspecified atom stereocenters. The van der Waals surface area contributed by atoms with Gasteiger partial charge in [0.2, 0.25) is 5.36 Å². The number of rotatable bonds is 3. The van der Waals surface area contributed by atoms with Gasteiger partial charge in [0.05, 0.1) is 17.6 Å². The molecule has 0 saturated carbocycles. The molecule has 6 rings (SSSR count). The quantitative estimate of drug-likeness (QED) is 0.270. The Kier molecular flexibility index (Phi) is 6.42. The van der Waals surface area contributed by atoms with Gasteiger partial charge in [-0.1, -0.05) is 6.08 Å². The topological polar surface area (TPSA) is 92.9 Å². The van der Waals surface area contributed by atoms with Crippen molar-refractivity contribution in [1.82, 2.24) is 4.58 Å². The van der Waals surface area contributed by atoms with E-state index >= 15 is 8.78 Å². The van der Waals surface area contributed by atoms with Crippen molar-refractivity contribution in [2.24, 2.45) is 0 Å². The van der Waals surface area contributed by atoms with Crippen molar-refractivity contribution in [3.05, 3.63) is 97.8 Å². The Bertz CT molecular complexity index is 2130. The summed E-state index contributed by atoms with van der Waals surface area (Å²) in [6, 6.07) is 6.83. The van der Waals surface area contributed by atoms with Gasteiger partial charge in [0.25, 0.3) is 0 Å². The first kappa shape index (κ1) is 30.2. The van der Waals surface area contributed by atoms with Crippen LogP contribution in [0.4, 0.5) is 18.9 Å². The number of carboxylic acids is 2. The zero-order chi connectivity index (χ0) is 33.1. The highest BCUT2D eigenvalue weighted by Crippen LogP contribution is 2.47. The maximum Gasteiger partial charge on any atom is 0.341 e. The standard InChI is InChI=1S/C35H31F3N2O5/c1-15-13-34(3,4)39(7)21-11-23-19(9-17(15)21)25(26-27(32(41)42)30(37)31(38)28(29(26)36)33(43)44)20-10-18-16(2)14-35(5,6)40(8)22(18)12-24(20)45-23/h9-14H,1-8H3,(H-,41,42,43,44). The largest absolute Gasteiger partial charge is 0.545 e. The van der Waals surface area contributed by atoms with Crippen molar-refractivity contribution in [3.63, 3.8) is 0 Å². The van der Waals surface area contributed by atoms with E-state index in [1.165, 1.54) is 0 Å². The molecule has 0 amide bonds. The van der Waals surface area contributed by atoms with Crippen LogP contribution in [0.25, 0.3) is 16.7 Å². The van der Waals surface area contributed by atoms with Crippen molar-refractivity contribution < 1.29 is 37.7 Å². The van der Waals surface area contributed by atoms with Crippen LogP contribution in [0.2, 0.25) is 0 Å². The highest BCUT2D eigenvalue weighted by atomic mass is 19.2. The SMILES string of the molecule is CC1=CC(C)(C)N(C)c2cc3c(cc21)C(c1c(F)c(C(=O)O)c(F)c(F)c1C(=O)[O-])=c1cc2c(cc1O3)=[N+](C)C(C)(C)C=C2C. The molecule has 0 aliphatic carbocycles. The second-order valence-electron chi connectivity index (χ2n) is 12.9. The first-order valence-corrected chi connectivity index (χ1v) is 14.3. The molecule has 1 N–H and O–H groups in total. The minimum absolute atomic E-state index is 0.157. The number of benzene rings is 3. The number of ether oxygens (including phenoxy) is 1. The number of nitrogens with zero attached hydrogens (tertiary/aromatic N) is 2. The number of allylic oxidation sites excluding steroid dienone is 2. The fourth-order valence-corrected chi connectivity index (χ4v) is 6.72. The van der Waals surface area contributed by atoms with Crippen LogP contribution in [0.15, 0.2) is 36.4 Å². The van der Waals surface area contributed by atoms with Gasteiger partial charge in [-0.3, -0.25) is 0 Å². The summed E-state index contributed by atoms with van der Waals surface area (Å²) in [5.41, 5.74) is -0.776. The highest BCUT2D eigenvalue weighted by Gasteiger charge is 2.37. The fourth-order valence-electron chi connectivity index (χ4n) is 6.72. The number of halogens is 3. The Morgan fingerprint density at radius 2 is 1.49 bits per heavy atom. The lowest BCUT2D eigenvalue weighted by Gasteiger charge is -2.41. The molecule has 0 spiro atoms. The van der Waals surface area contributed by atoms with Gasteiger partial charge in [-0.2, -0.15) is 0 Å². The molecule has 3 aliphatic rings. The summed E-state index contributed by atoms with van der Waals surface area (Å²) in [5.74, 6) is -9.79. The number of carboxylic acid groups (broad SMARTS) is 2. The number of fused-ring (bicyclic) bond motifs is 4. The summed E-state index contributed by atoms with van der Waals surface area (Å²) in [7, 11) is 3.81. The Labute approximate surface area is 257 Å². The van der Waals surface area contributed by atoms with E-state index in [-0.39, 0.29) is 38.9 Å². The van der Waals surface area contributed by atoms with Crippen LogP contribution < -0.4 is 29.9 Å². The van der Waals surface area contributed by atoms with E-state index in [1.54, 1.807) is 24.3 Å². The Balaban J connectivity index is 1.86. The molecule has 0 atom stereocenters. The van der Waals surface area contributed by atoms with Crippen LogP contribution >= 0.6 is 0 Å². The van der Waals surface area contributed by atoms with Crippen LogP contribution in [-0.4, -0.2) is 42.2 Å². The lowest BCUT2D eigenvalue weighted by molar-refractivity contribution is -0.255. The second-order valence-corrected chi connectivity index (χ2v) is 12.9. The van der Waals surface area contributed by atoms with E-state index < -0.39 is 46.1 Å². The lowest BCUT2D eigenvalue weighted by Crippen LogP contribution is -2.47. The number of carbonyl (C=O) groups excluding carboxylic acids is 1. The van der Waals surface area contributed by atoms with Gasteiger partial charge in [-0.25, -0.2) is 22.5 Å². The zero-order valence-electron chi connectivity index (χ0n) is 26.1. The minimum atomic E-state index is -2.20. The van der Waals surface area contributed by atoms with Crippen molar-refractivity contribution in [2.45, 2.75) is 52.6 Å². The van der Waals surface area contributed by atoms with Crippen molar-refractivity contribution in [1.29, 1.82) is 0 Å². The molecule has 232 valence electrons. The minimum Gasteiger partial charge on any atom is -0.545 e. The molecule has 0 fully saturated rings. The molecule has 3 aliphatic heterocycles. The highest BCUT2D eigenvalue weighted by molar-refractivity contribution is 6.02. The van der Waals surface area contributed by atoms with Crippen LogP contribution in [0.1, 0.15) is 84.5 Å². The number of hydrogen-bond donors (Lipinski definition) is 1. The average Bonchev–Trinajstić information content (AvgIpc) is 2.93. The number of hydrogen-bond acceptors (Lipinski definition) is 5. The van der Waals surface area contributed by atoms with Crippen LogP contribution in [0.3, 0.4) is 0 Å². The Morgan fingerprint density at radius 3 is 2.11 bits per heavy atom. The molecule has 0 radical (unpaired) electrons. The monoisotopic (exact) mass is 616 g/mol. The normalized spacial score (nSPS) is 17.4. The maximum absolute atomic E-state index is 16.3. The number of likely N-dealkylation sites (N-methyl/N-ethyl adjacent to an activating group) is 2. The van der Waals surface area contributed by atoms with Gasteiger partial charge in [-0.05, 0) is 57.0 Å². The number of anilines is 1. The Hall–Kier alpha value is -4.86. The van der Waals surface area contributed by atoms with Gasteiger partial charge in [0.15, 0.2) is 17.2 Å². The van der Waals surface area contributed by atoms with Crippen LogP contribution in [0.5, 0.6) is 11.5 Å². The molecular formula is C35H31F3N2O5. The third-order valence-corrected chi connectivity index (χ3v) is 9.38. The van der Waals surface area contributed by atoms with E-state index in [4.69, 9.17) is 4.74 Å². The van der Waals surface area contributed by atoms with Crippen LogP contribution in [-0.2, 0) is 0 Å². The molecule has 3 aromatic rings. The van der Waals surface area contributed by atoms with Crippen molar-refractivity contribution in [3.8, 4) is 11.5 Å². The van der Waals surface area contributed by atoms with Gasteiger partial charge < -0.3 is 24.6 Å². The van der Waals surface area contributed by atoms with E-state index in [0.29, 0.717) is 11.1 Å². The summed E-state index contributed by atoms with van der Waals surface area (Å²) < 4.78 is 55.2. The number of carbonyl (C=O) groups is 2. The number of aromatic carboxylic acids is 2. The van der Waals surface area contributed by atoms with Gasteiger partial charge in [0.1, 0.15) is 29.9 Å². The molecule has 45 heavy (non-hydrogen) atoms. The van der Waals surface area contributed by atoms with Gasteiger partial charge >= 0.3 is 5.97 Å². The average molecular weight is 617 g/mol. The summed E-state index contributed by atoms with van der Waals surface area (Å²) in [6.45, 7) is 11.9. The molecule has 3 heterocycles. The Morgan fingerprint density at radius 1 is 0.867 bits per heavy atom. The van der Waals surface area contributed by atoms with E-state index in [1.807, 2.05) is 77.3 Å². The molecule has 0 aromatic heterocycles. The molecular weight excluding hydrogens is 585 g/mol. The smallest absolute Gasteiger partial charge is 0.341 e. The van der Waals surface area contributed by atoms with Crippen molar-refractivity contribution in [2.75, 3.05) is 19.0 Å². The van der Waals surface area contributed by atoms with E-state index in [9.17, 15) is 24.2 Å². The molecule has 0 saturated heterocycles. The molecule has 3 aromatic carbocycles. The first-order valence-electron chi connectivity index (χ1n) is 14.3. The molecule has 0 bridgehead atoms. The summed E-state index contributed by atoms with van der Waals surface area (Å²) in [5, 5.41) is 23.0. The molecule has 10 heteroatoms. The molecule has 7 nitrogen and oxygen atoms in total. The van der Waals surface area contributed by atoms with Crippen molar-refractivity contribution >= 4 is 34.3 Å². The summed E-state index contributed by atoms with van der Waals surface area (Å²) in [4.78, 5) is 26.4. The van der Waals surface area contributed by atoms with E-state index in [0.717, 1.165) is 22.2 Å². The van der Waals surface area contributed by atoms with Gasteiger partial charge in [-0.15, -0.1) is 0 Å². The first-order chi connectivity index (χ1) is 20.9. The predicted molar refractivity (Wildman–Crippen MR) is 162 cm³/mol. The third-order valence-electron chi connectivity index (χ3n) is 9.38. The predicted octanol–water partition coefficient (Wildman–Crippen LogP) is 4.47. The van der Waals surface area contributed by atoms with Gasteiger partial charge in [0, 0.05) is 71.3 Å². The fraction of sp³-hybridized carbons (Fsp3) is 0.286. The van der Waals surface area contributed by atoms with E-state index in [2.05, 4.69) is 0 Å².